The Morgan fingerprint density at radius 2 is 2.15 bits per heavy atom. The summed E-state index contributed by atoms with van der Waals surface area (Å²) in [6.45, 7) is 1.64. The molecule has 0 saturated heterocycles. The van der Waals surface area contributed by atoms with Crippen LogP contribution in [0.4, 0.5) is 4.39 Å². The normalized spacial score (nSPS) is 10.6. The predicted octanol–water partition coefficient (Wildman–Crippen LogP) is 1.45. The van der Waals surface area contributed by atoms with Gasteiger partial charge in [-0.3, -0.25) is 9.59 Å². The second-order valence-corrected chi connectivity index (χ2v) is 4.45. The lowest BCUT2D eigenvalue weighted by Gasteiger charge is -2.04. The summed E-state index contributed by atoms with van der Waals surface area (Å²) in [5, 5.41) is 3.13. The number of aryl methyl sites for hydroxylation is 1. The fourth-order valence-electron chi connectivity index (χ4n) is 2.05. The van der Waals surface area contributed by atoms with E-state index in [-0.39, 0.29) is 24.7 Å². The van der Waals surface area contributed by atoms with Crippen molar-refractivity contribution in [2.45, 2.75) is 13.3 Å². The van der Waals surface area contributed by atoms with Crippen LogP contribution in [0.2, 0.25) is 0 Å². The van der Waals surface area contributed by atoms with E-state index in [4.69, 9.17) is 0 Å². The lowest BCUT2D eigenvalue weighted by molar-refractivity contribution is -0.141. The minimum Gasteiger partial charge on any atom is -0.468 e. The zero-order valence-corrected chi connectivity index (χ0v) is 11.2. The number of rotatable bonds is 4. The van der Waals surface area contributed by atoms with Gasteiger partial charge in [0.2, 0.25) is 5.91 Å². The van der Waals surface area contributed by atoms with Gasteiger partial charge in [-0.25, -0.2) is 4.39 Å². The van der Waals surface area contributed by atoms with E-state index in [0.29, 0.717) is 5.39 Å². The molecule has 0 spiro atoms. The molecule has 1 heterocycles. The molecule has 0 bridgehead atoms. The second kappa shape index (κ2) is 5.73. The van der Waals surface area contributed by atoms with Crippen molar-refractivity contribution in [3.05, 3.63) is 35.3 Å². The van der Waals surface area contributed by atoms with Crippen molar-refractivity contribution >= 4 is 22.8 Å². The van der Waals surface area contributed by atoms with Crippen LogP contribution in [0.25, 0.3) is 10.9 Å². The zero-order chi connectivity index (χ0) is 14.7. The molecule has 0 unspecified atom stereocenters. The second-order valence-electron chi connectivity index (χ2n) is 4.45. The van der Waals surface area contributed by atoms with Crippen LogP contribution < -0.4 is 5.32 Å². The number of aromatic nitrogens is 1. The molecule has 1 aromatic carbocycles. The Bertz CT molecular complexity index is 664. The minimum absolute atomic E-state index is 0.0757. The van der Waals surface area contributed by atoms with Gasteiger partial charge < -0.3 is 15.0 Å². The molecule has 0 atom stereocenters. The maximum atomic E-state index is 13.3. The maximum Gasteiger partial charge on any atom is 0.325 e. The van der Waals surface area contributed by atoms with Crippen molar-refractivity contribution in [3.63, 3.8) is 0 Å². The van der Waals surface area contributed by atoms with Gasteiger partial charge in [-0.05, 0) is 30.7 Å². The van der Waals surface area contributed by atoms with Gasteiger partial charge in [0.25, 0.3) is 0 Å². The Kier molecular flexibility index (Phi) is 4.02. The van der Waals surface area contributed by atoms with Gasteiger partial charge in [0.15, 0.2) is 0 Å². The fourth-order valence-corrected chi connectivity index (χ4v) is 2.05. The number of esters is 1. The lowest BCUT2D eigenvalue weighted by Crippen LogP contribution is -2.31. The van der Waals surface area contributed by atoms with Gasteiger partial charge in [-0.15, -0.1) is 0 Å². The molecule has 2 N–H and O–H groups in total. The number of carbonyl (C=O) groups excluding carboxylic acids is 2. The molecule has 0 radical (unpaired) electrons. The summed E-state index contributed by atoms with van der Waals surface area (Å²) in [5.41, 5.74) is 2.31. The molecular formula is C14H15FN2O3. The Morgan fingerprint density at radius 3 is 2.85 bits per heavy atom. The molecular weight excluding hydrogens is 263 g/mol. The molecule has 1 aromatic heterocycles. The molecule has 5 nitrogen and oxygen atoms in total. The Balaban J connectivity index is 2.16. The van der Waals surface area contributed by atoms with Crippen molar-refractivity contribution in [1.29, 1.82) is 0 Å². The number of carbonyl (C=O) groups is 2. The quantitative estimate of drug-likeness (QED) is 0.831. The third-order valence-corrected chi connectivity index (χ3v) is 3.08. The van der Waals surface area contributed by atoms with Crippen molar-refractivity contribution in [2.24, 2.45) is 0 Å². The molecule has 0 aliphatic heterocycles. The Labute approximate surface area is 115 Å². The summed E-state index contributed by atoms with van der Waals surface area (Å²) < 4.78 is 17.7. The number of fused-ring (bicyclic) bond motifs is 1. The molecule has 0 fully saturated rings. The van der Waals surface area contributed by atoms with Gasteiger partial charge in [0, 0.05) is 16.6 Å². The first-order chi connectivity index (χ1) is 9.51. The number of nitrogens with one attached hydrogen (secondary N) is 2. The monoisotopic (exact) mass is 278 g/mol. The topological polar surface area (TPSA) is 71.2 Å². The summed E-state index contributed by atoms with van der Waals surface area (Å²) in [5.74, 6) is -1.18. The number of aromatic amines is 1. The Hall–Kier alpha value is -2.37. The van der Waals surface area contributed by atoms with Crippen LogP contribution in [-0.2, 0) is 20.7 Å². The highest BCUT2D eigenvalue weighted by atomic mass is 19.1. The molecule has 0 aliphatic carbocycles. The SMILES string of the molecule is COC(=O)CNC(=O)Cc1c(C)[nH]c2ccc(F)cc12. The minimum atomic E-state index is -0.514. The fraction of sp³-hybridized carbons (Fsp3) is 0.286. The third kappa shape index (κ3) is 2.96. The van der Waals surface area contributed by atoms with Crippen LogP contribution in [0.15, 0.2) is 18.2 Å². The van der Waals surface area contributed by atoms with Gasteiger partial charge >= 0.3 is 5.97 Å². The highest BCUT2D eigenvalue weighted by Crippen LogP contribution is 2.23. The number of ether oxygens (including phenoxy) is 1. The maximum absolute atomic E-state index is 13.3. The molecule has 20 heavy (non-hydrogen) atoms. The highest BCUT2D eigenvalue weighted by molar-refractivity contribution is 5.91. The average molecular weight is 278 g/mol. The molecule has 106 valence electrons. The van der Waals surface area contributed by atoms with E-state index in [2.05, 4.69) is 15.0 Å². The summed E-state index contributed by atoms with van der Waals surface area (Å²) in [4.78, 5) is 25.8. The van der Waals surface area contributed by atoms with Crippen LogP contribution >= 0.6 is 0 Å². The van der Waals surface area contributed by atoms with E-state index in [9.17, 15) is 14.0 Å². The third-order valence-electron chi connectivity index (χ3n) is 3.08. The number of hydrogen-bond acceptors (Lipinski definition) is 3. The smallest absolute Gasteiger partial charge is 0.325 e. The predicted molar refractivity (Wildman–Crippen MR) is 71.7 cm³/mol. The first kappa shape index (κ1) is 14.0. The number of halogens is 1. The van der Waals surface area contributed by atoms with Crippen LogP contribution in [0.1, 0.15) is 11.3 Å². The average Bonchev–Trinajstić information content (AvgIpc) is 2.72. The standard InChI is InChI=1S/C14H15FN2O3/c1-8-10(6-13(18)16-7-14(19)20-2)11-5-9(15)3-4-12(11)17-8/h3-5,17H,6-7H2,1-2H3,(H,16,18). The van der Waals surface area contributed by atoms with E-state index in [1.807, 2.05) is 6.92 Å². The molecule has 0 aliphatic rings. The summed E-state index contributed by atoms with van der Waals surface area (Å²) in [6, 6.07) is 4.38. The van der Waals surface area contributed by atoms with Crippen molar-refractivity contribution < 1.29 is 18.7 Å². The van der Waals surface area contributed by atoms with Crippen LogP contribution in [-0.4, -0.2) is 30.5 Å². The molecule has 1 amide bonds. The molecule has 2 aromatic rings. The molecule has 0 saturated carbocycles. The number of methoxy groups -OCH3 is 1. The zero-order valence-electron chi connectivity index (χ0n) is 11.2. The van der Waals surface area contributed by atoms with Gasteiger partial charge in [-0.2, -0.15) is 0 Å². The van der Waals surface area contributed by atoms with Crippen LogP contribution in [0, 0.1) is 12.7 Å². The number of hydrogen-bond donors (Lipinski definition) is 2. The van der Waals surface area contributed by atoms with E-state index in [1.54, 1.807) is 6.07 Å². The van der Waals surface area contributed by atoms with Crippen LogP contribution in [0.3, 0.4) is 0 Å². The van der Waals surface area contributed by atoms with Crippen molar-refractivity contribution in [1.82, 2.24) is 10.3 Å². The molecule has 2 rings (SSSR count). The van der Waals surface area contributed by atoms with E-state index in [1.165, 1.54) is 19.2 Å². The Morgan fingerprint density at radius 1 is 1.40 bits per heavy atom. The number of benzene rings is 1. The first-order valence-electron chi connectivity index (χ1n) is 6.11. The van der Waals surface area contributed by atoms with Gasteiger partial charge in [0.05, 0.1) is 13.5 Å². The lowest BCUT2D eigenvalue weighted by atomic mass is 10.1. The largest absolute Gasteiger partial charge is 0.468 e. The van der Waals surface area contributed by atoms with Crippen molar-refractivity contribution in [2.75, 3.05) is 13.7 Å². The van der Waals surface area contributed by atoms with E-state index >= 15 is 0 Å². The van der Waals surface area contributed by atoms with E-state index in [0.717, 1.165) is 16.8 Å². The van der Waals surface area contributed by atoms with Crippen LogP contribution in [0.5, 0.6) is 0 Å². The number of amides is 1. The highest BCUT2D eigenvalue weighted by Gasteiger charge is 2.13. The van der Waals surface area contributed by atoms with E-state index < -0.39 is 5.97 Å². The number of H-pyrrole nitrogens is 1. The summed E-state index contributed by atoms with van der Waals surface area (Å²) >= 11 is 0. The summed E-state index contributed by atoms with van der Waals surface area (Å²) in [7, 11) is 1.25. The van der Waals surface area contributed by atoms with Gasteiger partial charge in [0.1, 0.15) is 12.4 Å². The first-order valence-corrected chi connectivity index (χ1v) is 6.11. The van der Waals surface area contributed by atoms with Gasteiger partial charge in [-0.1, -0.05) is 0 Å². The summed E-state index contributed by atoms with van der Waals surface area (Å²) in [6.07, 6.45) is 0.0757. The molecule has 6 heteroatoms. The van der Waals surface area contributed by atoms with Crippen molar-refractivity contribution in [3.8, 4) is 0 Å².